The highest BCUT2D eigenvalue weighted by Crippen LogP contribution is 2.31. The predicted molar refractivity (Wildman–Crippen MR) is 128 cm³/mol. The molecular formula is C26H30N6O. The smallest absolute Gasteiger partial charge is 0.226 e. The van der Waals surface area contributed by atoms with Gasteiger partial charge in [0.1, 0.15) is 0 Å². The Kier molecular flexibility index (Phi) is 5.14. The third-order valence-electron chi connectivity index (χ3n) is 7.15. The molecule has 4 heterocycles. The van der Waals surface area contributed by atoms with Gasteiger partial charge < -0.3 is 9.73 Å². The third-order valence-corrected chi connectivity index (χ3v) is 7.15. The second kappa shape index (κ2) is 8.30. The van der Waals surface area contributed by atoms with Crippen LogP contribution >= 0.6 is 0 Å². The molecule has 1 aliphatic carbocycles. The Labute approximate surface area is 193 Å². The van der Waals surface area contributed by atoms with E-state index in [-0.39, 0.29) is 5.54 Å². The molecule has 0 bridgehead atoms. The molecule has 7 nitrogen and oxygen atoms in total. The normalized spacial score (nSPS) is 18.3. The lowest BCUT2D eigenvalue weighted by Crippen LogP contribution is -2.38. The number of nitrogens with zero attached hydrogens (tertiary/aromatic N) is 5. The first-order valence-corrected chi connectivity index (χ1v) is 12.0. The molecule has 7 heteroatoms. The van der Waals surface area contributed by atoms with E-state index in [1.807, 2.05) is 22.8 Å². The van der Waals surface area contributed by atoms with Crippen molar-refractivity contribution in [3.8, 4) is 11.6 Å². The van der Waals surface area contributed by atoms with Crippen molar-refractivity contribution < 1.29 is 4.42 Å². The Bertz CT molecular complexity index is 1260. The van der Waals surface area contributed by atoms with Crippen LogP contribution < -0.4 is 5.32 Å². The molecule has 1 saturated carbocycles. The Hall–Kier alpha value is -3.19. The van der Waals surface area contributed by atoms with Crippen molar-refractivity contribution in [3.63, 3.8) is 0 Å². The van der Waals surface area contributed by atoms with Gasteiger partial charge in [0.25, 0.3) is 0 Å². The third kappa shape index (κ3) is 4.02. The van der Waals surface area contributed by atoms with Gasteiger partial charge in [-0.15, -0.1) is 5.10 Å². The van der Waals surface area contributed by atoms with Gasteiger partial charge in [0.05, 0.1) is 6.26 Å². The van der Waals surface area contributed by atoms with E-state index in [4.69, 9.17) is 19.5 Å². The van der Waals surface area contributed by atoms with Gasteiger partial charge >= 0.3 is 0 Å². The molecule has 1 N–H and O–H groups in total. The number of nitrogens with one attached hydrogen (secondary N) is 1. The van der Waals surface area contributed by atoms with Crippen LogP contribution in [0.3, 0.4) is 0 Å². The maximum atomic E-state index is 5.60. The van der Waals surface area contributed by atoms with Crippen LogP contribution in [0.2, 0.25) is 0 Å². The fourth-order valence-electron chi connectivity index (χ4n) is 5.28. The molecule has 170 valence electrons. The molecule has 0 radical (unpaired) electrons. The van der Waals surface area contributed by atoms with Gasteiger partial charge in [-0.05, 0) is 49.4 Å². The van der Waals surface area contributed by atoms with Gasteiger partial charge in [-0.3, -0.25) is 4.90 Å². The van der Waals surface area contributed by atoms with Crippen molar-refractivity contribution in [1.29, 1.82) is 0 Å². The zero-order valence-electron chi connectivity index (χ0n) is 19.1. The Morgan fingerprint density at radius 2 is 1.91 bits per heavy atom. The fourth-order valence-corrected chi connectivity index (χ4v) is 5.28. The number of rotatable bonds is 5. The van der Waals surface area contributed by atoms with E-state index in [0.717, 1.165) is 56.1 Å². The second-order valence-electron chi connectivity index (χ2n) is 9.73. The molecule has 1 aliphatic heterocycles. The quantitative estimate of drug-likeness (QED) is 0.465. The topological polar surface area (TPSA) is 71.5 Å². The van der Waals surface area contributed by atoms with E-state index in [1.54, 1.807) is 6.26 Å². The summed E-state index contributed by atoms with van der Waals surface area (Å²) in [4.78, 5) is 12.2. The maximum Gasteiger partial charge on any atom is 0.226 e. The van der Waals surface area contributed by atoms with Gasteiger partial charge in [0.2, 0.25) is 11.8 Å². The number of anilines is 1. The Morgan fingerprint density at radius 1 is 1.06 bits per heavy atom. The second-order valence-corrected chi connectivity index (χ2v) is 9.73. The number of furan rings is 1. The molecule has 4 aromatic rings. The molecule has 0 unspecified atom stereocenters. The summed E-state index contributed by atoms with van der Waals surface area (Å²) < 4.78 is 7.48. The van der Waals surface area contributed by atoms with Crippen LogP contribution in [0.25, 0.3) is 17.2 Å². The number of benzene rings is 1. The summed E-state index contributed by atoms with van der Waals surface area (Å²) in [6.45, 7) is 5.06. The summed E-state index contributed by atoms with van der Waals surface area (Å²) in [5.41, 5.74) is 4.83. The van der Waals surface area contributed by atoms with E-state index < -0.39 is 0 Å². The summed E-state index contributed by atoms with van der Waals surface area (Å²) >= 11 is 0. The summed E-state index contributed by atoms with van der Waals surface area (Å²) in [6, 6.07) is 12.5. The van der Waals surface area contributed by atoms with Crippen LogP contribution in [0.15, 0.2) is 53.3 Å². The number of aromatic nitrogens is 4. The average molecular weight is 443 g/mol. The van der Waals surface area contributed by atoms with Gasteiger partial charge in [-0.2, -0.15) is 4.52 Å². The van der Waals surface area contributed by atoms with E-state index in [9.17, 15) is 0 Å². The molecule has 0 spiro atoms. The van der Waals surface area contributed by atoms with Gasteiger partial charge in [-0.1, -0.05) is 43.5 Å². The van der Waals surface area contributed by atoms with Crippen LogP contribution in [0, 0.1) is 0 Å². The summed E-state index contributed by atoms with van der Waals surface area (Å²) in [5.74, 6) is 2.02. The lowest BCUT2D eigenvalue weighted by Gasteiger charge is -2.35. The zero-order valence-corrected chi connectivity index (χ0v) is 19.1. The first-order valence-electron chi connectivity index (χ1n) is 12.0. The Morgan fingerprint density at radius 3 is 2.73 bits per heavy atom. The minimum Gasteiger partial charge on any atom is -0.461 e. The van der Waals surface area contributed by atoms with Crippen LogP contribution in [0.1, 0.15) is 55.7 Å². The van der Waals surface area contributed by atoms with E-state index in [0.29, 0.717) is 11.6 Å². The van der Waals surface area contributed by atoms with Gasteiger partial charge in [0.15, 0.2) is 11.4 Å². The van der Waals surface area contributed by atoms with Crippen molar-refractivity contribution in [2.24, 2.45) is 0 Å². The van der Waals surface area contributed by atoms with E-state index >= 15 is 0 Å². The molecule has 0 saturated heterocycles. The first kappa shape index (κ1) is 20.4. The molecule has 0 amide bonds. The van der Waals surface area contributed by atoms with Crippen LogP contribution in [-0.4, -0.2) is 36.6 Å². The fraction of sp³-hybridized carbons (Fsp3) is 0.423. The number of fused-ring (bicyclic) bond motifs is 2. The van der Waals surface area contributed by atoms with Crippen LogP contribution in [0.4, 0.5) is 5.95 Å². The van der Waals surface area contributed by atoms with E-state index in [2.05, 4.69) is 41.4 Å². The molecular weight excluding hydrogens is 412 g/mol. The lowest BCUT2D eigenvalue weighted by molar-refractivity contribution is 0.246. The maximum absolute atomic E-state index is 5.60. The number of hydrogen-bond acceptors (Lipinski definition) is 6. The molecule has 2 aliphatic rings. The minimum atomic E-state index is 0.0348. The monoisotopic (exact) mass is 442 g/mol. The van der Waals surface area contributed by atoms with Crippen molar-refractivity contribution in [2.75, 3.05) is 11.9 Å². The van der Waals surface area contributed by atoms with Crippen LogP contribution in [0.5, 0.6) is 0 Å². The summed E-state index contributed by atoms with van der Waals surface area (Å²) in [6.07, 6.45) is 10.8. The van der Waals surface area contributed by atoms with Crippen LogP contribution in [-0.2, 0) is 19.5 Å². The molecule has 1 aromatic carbocycles. The van der Waals surface area contributed by atoms with E-state index in [1.165, 1.54) is 30.4 Å². The molecule has 0 atom stereocenters. The summed E-state index contributed by atoms with van der Waals surface area (Å²) in [5, 5.41) is 8.52. The predicted octanol–water partition coefficient (Wildman–Crippen LogP) is 5.08. The largest absolute Gasteiger partial charge is 0.461 e. The van der Waals surface area contributed by atoms with Crippen molar-refractivity contribution in [3.05, 3.63) is 65.5 Å². The first-order chi connectivity index (χ1) is 16.2. The Balaban J connectivity index is 1.35. The minimum absolute atomic E-state index is 0.0348. The highest BCUT2D eigenvalue weighted by atomic mass is 16.3. The molecule has 33 heavy (non-hydrogen) atoms. The van der Waals surface area contributed by atoms with Crippen molar-refractivity contribution in [1.82, 2.24) is 24.5 Å². The van der Waals surface area contributed by atoms with Crippen molar-refractivity contribution >= 4 is 11.6 Å². The number of hydrogen-bond donors (Lipinski definition) is 1. The average Bonchev–Trinajstić information content (AvgIpc) is 3.51. The lowest BCUT2D eigenvalue weighted by atomic mass is 9.83. The van der Waals surface area contributed by atoms with Crippen molar-refractivity contribution in [2.45, 2.75) is 64.1 Å². The molecule has 6 rings (SSSR count). The molecule has 3 aromatic heterocycles. The standard InChI is InChI=1S/C26H30N6O/c1-26(12-5-2-6-13-26)29-25-27-16-21(18-31-14-11-19-8-3-4-9-20(19)17-31)24-28-23(30-32(24)25)22-10-7-15-33-22/h3-4,7-10,15-16H,2,5-6,11-14,17-18H2,1H3,(H,27,29). The molecule has 1 fully saturated rings. The van der Waals surface area contributed by atoms with Gasteiger partial charge in [-0.25, -0.2) is 9.97 Å². The van der Waals surface area contributed by atoms with Gasteiger partial charge in [0, 0.05) is 36.9 Å². The summed E-state index contributed by atoms with van der Waals surface area (Å²) in [7, 11) is 0. The highest BCUT2D eigenvalue weighted by molar-refractivity contribution is 5.58. The highest BCUT2D eigenvalue weighted by Gasteiger charge is 2.29. The zero-order chi connectivity index (χ0) is 22.3. The SMILES string of the molecule is CC1(Nc2ncc(CN3CCc4ccccc4C3)c3nc(-c4ccco4)nn23)CCCCC1.